The molecule has 2 fully saturated rings. The molecule has 2 aromatic rings. The molecule has 0 bridgehead atoms. The molecule has 0 unspecified atom stereocenters. The highest BCUT2D eigenvalue weighted by molar-refractivity contribution is 5.76. The van der Waals surface area contributed by atoms with E-state index in [1.54, 1.807) is 11.8 Å². The predicted octanol–water partition coefficient (Wildman–Crippen LogP) is 1.34. The lowest BCUT2D eigenvalue weighted by Gasteiger charge is -2.16. The summed E-state index contributed by atoms with van der Waals surface area (Å²) in [6.07, 6.45) is 4.10. The van der Waals surface area contributed by atoms with Gasteiger partial charge in [0.05, 0.1) is 18.2 Å². The van der Waals surface area contributed by atoms with Crippen LogP contribution in [-0.4, -0.2) is 57.5 Å². The molecule has 134 valence electrons. The van der Waals surface area contributed by atoms with E-state index >= 15 is 0 Å². The van der Waals surface area contributed by atoms with Gasteiger partial charge < -0.3 is 14.2 Å². The first kappa shape index (κ1) is 16.3. The van der Waals surface area contributed by atoms with Gasteiger partial charge in [0.1, 0.15) is 6.54 Å². The van der Waals surface area contributed by atoms with Crippen molar-refractivity contribution in [2.24, 2.45) is 5.92 Å². The largest absolute Gasteiger partial charge is 0.384 e. The Bertz CT molecular complexity index is 751. The van der Waals surface area contributed by atoms with Crippen LogP contribution in [0.4, 0.5) is 0 Å². The smallest absolute Gasteiger partial charge is 0.244 e. The van der Waals surface area contributed by atoms with E-state index in [1.807, 2.05) is 24.1 Å². The van der Waals surface area contributed by atoms with Gasteiger partial charge in [0.25, 0.3) is 0 Å². The number of likely N-dealkylation sites (tertiary alicyclic amines) is 1. The van der Waals surface area contributed by atoms with Crippen molar-refractivity contribution in [3.8, 4) is 0 Å². The van der Waals surface area contributed by atoms with Crippen LogP contribution in [0.15, 0.2) is 16.8 Å². The van der Waals surface area contributed by atoms with E-state index in [0.29, 0.717) is 31.5 Å². The van der Waals surface area contributed by atoms with E-state index in [-0.39, 0.29) is 24.3 Å². The van der Waals surface area contributed by atoms with Crippen molar-refractivity contribution >= 4 is 5.91 Å². The first-order chi connectivity index (χ1) is 12.1. The lowest BCUT2D eigenvalue weighted by Crippen LogP contribution is -2.32. The van der Waals surface area contributed by atoms with Crippen LogP contribution < -0.4 is 0 Å². The van der Waals surface area contributed by atoms with E-state index in [1.165, 1.54) is 0 Å². The average Bonchev–Trinajstić information content (AvgIpc) is 2.99. The van der Waals surface area contributed by atoms with Crippen LogP contribution >= 0.6 is 0 Å². The number of carbonyl (C=O) groups is 1. The minimum atomic E-state index is 0.0308. The van der Waals surface area contributed by atoms with E-state index in [0.717, 1.165) is 24.4 Å². The Labute approximate surface area is 146 Å². The van der Waals surface area contributed by atoms with Gasteiger partial charge in [-0.15, -0.1) is 0 Å². The molecule has 1 amide bonds. The second-order valence-corrected chi connectivity index (χ2v) is 7.04. The van der Waals surface area contributed by atoms with E-state index in [2.05, 4.69) is 15.2 Å². The zero-order chi connectivity index (χ0) is 17.4. The number of nitrogens with zero attached hydrogens (tertiary/aromatic N) is 5. The third kappa shape index (κ3) is 3.44. The Kier molecular flexibility index (Phi) is 4.29. The fraction of sp³-hybridized carbons (Fsp3) is 0.647. The highest BCUT2D eigenvalue weighted by Gasteiger charge is 2.40. The summed E-state index contributed by atoms with van der Waals surface area (Å²) in [5.41, 5.74) is 0.905. The van der Waals surface area contributed by atoms with Gasteiger partial charge >= 0.3 is 0 Å². The van der Waals surface area contributed by atoms with Crippen molar-refractivity contribution in [2.75, 3.05) is 26.8 Å². The number of aryl methyl sites for hydroxylation is 1. The third-order valence-electron chi connectivity index (χ3n) is 4.96. The molecule has 2 atom stereocenters. The summed E-state index contributed by atoms with van der Waals surface area (Å²) in [6, 6.07) is 1.89. The number of hydrogen-bond acceptors (Lipinski definition) is 6. The molecule has 3 heterocycles. The monoisotopic (exact) mass is 345 g/mol. The Morgan fingerprint density at radius 1 is 1.40 bits per heavy atom. The summed E-state index contributed by atoms with van der Waals surface area (Å²) >= 11 is 0. The summed E-state index contributed by atoms with van der Waals surface area (Å²) in [4.78, 5) is 19.1. The van der Waals surface area contributed by atoms with Gasteiger partial charge in [0.2, 0.25) is 11.8 Å². The van der Waals surface area contributed by atoms with Crippen LogP contribution in [0.3, 0.4) is 0 Å². The van der Waals surface area contributed by atoms with Crippen LogP contribution in [0.2, 0.25) is 0 Å². The lowest BCUT2D eigenvalue weighted by molar-refractivity contribution is -0.131. The van der Waals surface area contributed by atoms with Crippen molar-refractivity contribution < 1.29 is 14.1 Å². The maximum atomic E-state index is 12.6. The maximum absolute atomic E-state index is 12.6. The molecular formula is C17H23N5O3. The number of methoxy groups -OCH3 is 1. The van der Waals surface area contributed by atoms with E-state index in [9.17, 15) is 4.79 Å². The van der Waals surface area contributed by atoms with Crippen LogP contribution in [0, 0.1) is 12.8 Å². The fourth-order valence-electron chi connectivity index (χ4n) is 3.43. The fourth-order valence-corrected chi connectivity index (χ4v) is 3.43. The van der Waals surface area contributed by atoms with Gasteiger partial charge in [-0.05, 0) is 25.8 Å². The Morgan fingerprint density at radius 2 is 2.24 bits per heavy atom. The van der Waals surface area contributed by atoms with Crippen LogP contribution in [0.5, 0.6) is 0 Å². The van der Waals surface area contributed by atoms with Crippen molar-refractivity contribution in [2.45, 2.75) is 38.1 Å². The summed E-state index contributed by atoms with van der Waals surface area (Å²) in [7, 11) is 1.68. The van der Waals surface area contributed by atoms with Gasteiger partial charge in [-0.25, -0.2) is 0 Å². The first-order valence-electron chi connectivity index (χ1n) is 8.74. The van der Waals surface area contributed by atoms with Crippen LogP contribution in [0.25, 0.3) is 0 Å². The standard InChI is InChI=1S/C17H23N5O3/c1-11-5-6-22(19-11)9-15(23)21-7-13(10-24-2)14(8-21)17-18-16(20-25-17)12-3-4-12/h5-6,12-14H,3-4,7-10H2,1-2H3/t13-,14+/m0/s1. The van der Waals surface area contributed by atoms with Gasteiger partial charge in [-0.1, -0.05) is 5.16 Å². The number of aromatic nitrogens is 4. The molecule has 1 aliphatic heterocycles. The quantitative estimate of drug-likeness (QED) is 0.785. The number of ether oxygens (including phenoxy) is 1. The topological polar surface area (TPSA) is 86.3 Å². The number of hydrogen-bond donors (Lipinski definition) is 0. The van der Waals surface area contributed by atoms with Gasteiger partial charge in [-0.2, -0.15) is 10.1 Å². The van der Waals surface area contributed by atoms with Gasteiger partial charge in [-0.3, -0.25) is 9.48 Å². The second kappa shape index (κ2) is 6.59. The van der Waals surface area contributed by atoms with Crippen LogP contribution in [0.1, 0.15) is 42.1 Å². The van der Waals surface area contributed by atoms with Crippen molar-refractivity contribution in [1.82, 2.24) is 24.8 Å². The molecule has 1 saturated heterocycles. The van der Waals surface area contributed by atoms with Gasteiger partial charge in [0.15, 0.2) is 5.82 Å². The summed E-state index contributed by atoms with van der Waals surface area (Å²) < 4.78 is 12.5. The van der Waals surface area contributed by atoms with E-state index < -0.39 is 0 Å². The van der Waals surface area contributed by atoms with Crippen LogP contribution in [-0.2, 0) is 16.1 Å². The Morgan fingerprint density at radius 3 is 2.92 bits per heavy atom. The van der Waals surface area contributed by atoms with Crippen molar-refractivity contribution in [3.63, 3.8) is 0 Å². The third-order valence-corrected chi connectivity index (χ3v) is 4.96. The molecule has 2 aliphatic rings. The molecular weight excluding hydrogens is 322 g/mol. The van der Waals surface area contributed by atoms with Crippen molar-refractivity contribution in [1.29, 1.82) is 0 Å². The molecule has 25 heavy (non-hydrogen) atoms. The zero-order valence-corrected chi connectivity index (χ0v) is 14.6. The lowest BCUT2D eigenvalue weighted by atomic mass is 9.97. The molecule has 0 aromatic carbocycles. The minimum absolute atomic E-state index is 0.0308. The Hall–Kier alpha value is -2.22. The Balaban J connectivity index is 1.46. The summed E-state index contributed by atoms with van der Waals surface area (Å²) in [5, 5.41) is 8.40. The molecule has 8 heteroatoms. The number of amides is 1. The second-order valence-electron chi connectivity index (χ2n) is 7.04. The first-order valence-corrected chi connectivity index (χ1v) is 8.74. The summed E-state index contributed by atoms with van der Waals surface area (Å²) in [6.45, 7) is 3.94. The molecule has 4 rings (SSSR count). The normalized spacial score (nSPS) is 23.4. The number of carbonyl (C=O) groups excluding carboxylic acids is 1. The maximum Gasteiger partial charge on any atom is 0.244 e. The molecule has 1 aliphatic carbocycles. The summed E-state index contributed by atoms with van der Waals surface area (Å²) in [5.74, 6) is 2.15. The SMILES string of the molecule is COC[C@@H]1CN(C(=O)Cn2ccc(C)n2)C[C@H]1c1nc(C2CC2)no1. The highest BCUT2D eigenvalue weighted by atomic mass is 16.5. The molecule has 2 aromatic heterocycles. The van der Waals surface area contributed by atoms with Crippen molar-refractivity contribution in [3.05, 3.63) is 29.7 Å². The molecule has 0 radical (unpaired) electrons. The molecule has 8 nitrogen and oxygen atoms in total. The van der Waals surface area contributed by atoms with E-state index in [4.69, 9.17) is 9.26 Å². The van der Waals surface area contributed by atoms with Gasteiger partial charge in [0, 0.05) is 38.2 Å². The highest BCUT2D eigenvalue weighted by Crippen LogP contribution is 2.40. The molecule has 0 spiro atoms. The predicted molar refractivity (Wildman–Crippen MR) is 87.9 cm³/mol. The zero-order valence-electron chi connectivity index (χ0n) is 14.6. The molecule has 0 N–H and O–H groups in total. The number of rotatable bonds is 6. The molecule has 1 saturated carbocycles. The average molecular weight is 345 g/mol. The minimum Gasteiger partial charge on any atom is -0.384 e.